The molecule has 0 radical (unpaired) electrons. The summed E-state index contributed by atoms with van der Waals surface area (Å²) in [6.45, 7) is 9.49. The number of nitrogens with two attached hydrogens (primary N) is 1. The molecule has 0 heterocycles. The molecule has 0 aromatic carbocycles. The van der Waals surface area contributed by atoms with Crippen molar-refractivity contribution in [2.75, 3.05) is 19.7 Å². The molecule has 0 saturated heterocycles. The highest BCUT2D eigenvalue weighted by atomic mass is 16.3. The van der Waals surface area contributed by atoms with Crippen LogP contribution >= 0.6 is 0 Å². The second kappa shape index (κ2) is 8.48. The third-order valence-electron chi connectivity index (χ3n) is 3.41. The SMILES string of the molecule is CC(C)C(CCN)CCC(=O)NCC(C)(C)CO. The third kappa shape index (κ3) is 7.67. The molecule has 1 unspecified atom stereocenters. The molecule has 1 amide bonds. The smallest absolute Gasteiger partial charge is 0.220 e. The van der Waals surface area contributed by atoms with E-state index in [1.54, 1.807) is 0 Å². The summed E-state index contributed by atoms with van der Waals surface area (Å²) < 4.78 is 0. The Hall–Kier alpha value is -0.610. The summed E-state index contributed by atoms with van der Waals surface area (Å²) in [5.41, 5.74) is 5.33. The van der Waals surface area contributed by atoms with Crippen molar-refractivity contribution in [2.45, 2.75) is 47.0 Å². The van der Waals surface area contributed by atoms with E-state index < -0.39 is 0 Å². The number of hydrogen-bond donors (Lipinski definition) is 3. The van der Waals surface area contributed by atoms with E-state index in [1.807, 2.05) is 13.8 Å². The van der Waals surface area contributed by atoms with E-state index in [1.165, 1.54) is 0 Å². The number of aliphatic hydroxyl groups is 1. The molecule has 0 saturated carbocycles. The van der Waals surface area contributed by atoms with Crippen molar-refractivity contribution in [3.63, 3.8) is 0 Å². The van der Waals surface area contributed by atoms with Crippen molar-refractivity contribution in [2.24, 2.45) is 23.0 Å². The van der Waals surface area contributed by atoms with Gasteiger partial charge in [-0.25, -0.2) is 0 Å². The topological polar surface area (TPSA) is 75.4 Å². The lowest BCUT2D eigenvalue weighted by molar-refractivity contribution is -0.122. The largest absolute Gasteiger partial charge is 0.396 e. The lowest BCUT2D eigenvalue weighted by Crippen LogP contribution is -2.36. The van der Waals surface area contributed by atoms with Crippen molar-refractivity contribution in [3.8, 4) is 0 Å². The molecular weight excluding hydrogens is 228 g/mol. The minimum atomic E-state index is -0.246. The first-order valence-corrected chi connectivity index (χ1v) is 6.90. The average Bonchev–Trinajstić information content (AvgIpc) is 2.31. The lowest BCUT2D eigenvalue weighted by atomic mass is 9.88. The van der Waals surface area contributed by atoms with Gasteiger partial charge >= 0.3 is 0 Å². The van der Waals surface area contributed by atoms with Gasteiger partial charge in [-0.05, 0) is 31.2 Å². The zero-order valence-corrected chi connectivity index (χ0v) is 12.3. The Labute approximate surface area is 111 Å². The first-order chi connectivity index (χ1) is 8.32. The fraction of sp³-hybridized carbons (Fsp3) is 0.929. The second-order valence-electron chi connectivity index (χ2n) is 6.22. The van der Waals surface area contributed by atoms with Gasteiger partial charge in [0, 0.05) is 25.0 Å². The summed E-state index contributed by atoms with van der Waals surface area (Å²) >= 11 is 0. The Morgan fingerprint density at radius 2 is 1.94 bits per heavy atom. The molecule has 4 nitrogen and oxygen atoms in total. The van der Waals surface area contributed by atoms with Crippen LogP contribution in [0.1, 0.15) is 47.0 Å². The highest BCUT2D eigenvalue weighted by Crippen LogP contribution is 2.20. The zero-order chi connectivity index (χ0) is 14.2. The van der Waals surface area contributed by atoms with E-state index in [-0.39, 0.29) is 17.9 Å². The average molecular weight is 258 g/mol. The Balaban J connectivity index is 3.94. The minimum absolute atomic E-state index is 0.0687. The van der Waals surface area contributed by atoms with Gasteiger partial charge in [0.1, 0.15) is 0 Å². The number of rotatable bonds is 9. The quantitative estimate of drug-likeness (QED) is 0.587. The number of hydrogen-bond acceptors (Lipinski definition) is 3. The number of nitrogens with one attached hydrogen (secondary N) is 1. The molecule has 0 spiro atoms. The molecule has 0 aliphatic rings. The molecule has 1 atom stereocenters. The molecule has 4 N–H and O–H groups in total. The fourth-order valence-corrected chi connectivity index (χ4v) is 1.82. The Kier molecular flexibility index (Phi) is 8.20. The van der Waals surface area contributed by atoms with Crippen LogP contribution in [-0.4, -0.2) is 30.7 Å². The summed E-state index contributed by atoms with van der Waals surface area (Å²) in [7, 11) is 0. The molecule has 108 valence electrons. The van der Waals surface area contributed by atoms with Crippen molar-refractivity contribution in [1.82, 2.24) is 5.32 Å². The van der Waals surface area contributed by atoms with E-state index in [2.05, 4.69) is 19.2 Å². The van der Waals surface area contributed by atoms with Crippen LogP contribution in [0.5, 0.6) is 0 Å². The van der Waals surface area contributed by atoms with Crippen molar-refractivity contribution in [1.29, 1.82) is 0 Å². The molecule has 0 aromatic heterocycles. The molecule has 0 aliphatic heterocycles. The Morgan fingerprint density at radius 3 is 2.39 bits per heavy atom. The molecule has 0 fully saturated rings. The first-order valence-electron chi connectivity index (χ1n) is 6.90. The number of aliphatic hydroxyl groups excluding tert-OH is 1. The van der Waals surface area contributed by atoms with Crippen LogP contribution in [0.2, 0.25) is 0 Å². The minimum Gasteiger partial charge on any atom is -0.396 e. The van der Waals surface area contributed by atoms with Crippen molar-refractivity contribution >= 4 is 5.91 Å². The summed E-state index contributed by atoms with van der Waals surface area (Å²) in [5, 5.41) is 12.0. The number of amides is 1. The maximum absolute atomic E-state index is 11.7. The molecule has 18 heavy (non-hydrogen) atoms. The van der Waals surface area contributed by atoms with E-state index in [0.717, 1.165) is 12.8 Å². The molecule has 0 aromatic rings. The van der Waals surface area contributed by atoms with Gasteiger partial charge in [0.05, 0.1) is 0 Å². The van der Waals surface area contributed by atoms with E-state index in [9.17, 15) is 4.79 Å². The third-order valence-corrected chi connectivity index (χ3v) is 3.41. The van der Waals surface area contributed by atoms with E-state index in [4.69, 9.17) is 10.8 Å². The van der Waals surface area contributed by atoms with Crippen LogP contribution in [0.25, 0.3) is 0 Å². The van der Waals surface area contributed by atoms with Gasteiger partial charge in [0.15, 0.2) is 0 Å². The molecule has 4 heteroatoms. The summed E-state index contributed by atoms with van der Waals surface area (Å²) in [5.74, 6) is 1.15. The van der Waals surface area contributed by atoms with Gasteiger partial charge in [-0.1, -0.05) is 27.7 Å². The van der Waals surface area contributed by atoms with Gasteiger partial charge in [0.25, 0.3) is 0 Å². The van der Waals surface area contributed by atoms with Crippen LogP contribution in [0.15, 0.2) is 0 Å². The summed E-state index contributed by atoms with van der Waals surface area (Å²) in [4.78, 5) is 11.7. The van der Waals surface area contributed by atoms with Gasteiger partial charge in [0.2, 0.25) is 5.91 Å². The normalized spacial score (nSPS) is 13.7. The van der Waals surface area contributed by atoms with Crippen molar-refractivity contribution < 1.29 is 9.90 Å². The highest BCUT2D eigenvalue weighted by Gasteiger charge is 2.18. The van der Waals surface area contributed by atoms with Gasteiger partial charge in [-0.15, -0.1) is 0 Å². The van der Waals surface area contributed by atoms with Crippen LogP contribution in [0, 0.1) is 17.3 Å². The lowest BCUT2D eigenvalue weighted by Gasteiger charge is -2.23. The van der Waals surface area contributed by atoms with E-state index >= 15 is 0 Å². The molecular formula is C14H30N2O2. The fourth-order valence-electron chi connectivity index (χ4n) is 1.82. The maximum Gasteiger partial charge on any atom is 0.220 e. The first kappa shape index (κ1) is 17.4. The van der Waals surface area contributed by atoms with Crippen LogP contribution < -0.4 is 11.1 Å². The monoisotopic (exact) mass is 258 g/mol. The van der Waals surface area contributed by atoms with Crippen LogP contribution in [0.3, 0.4) is 0 Å². The summed E-state index contributed by atoms with van der Waals surface area (Å²) in [6.07, 6.45) is 2.41. The number of carbonyl (C=O) groups excluding carboxylic acids is 1. The Morgan fingerprint density at radius 1 is 1.33 bits per heavy atom. The van der Waals surface area contributed by atoms with Gasteiger partial charge < -0.3 is 16.2 Å². The molecule has 0 bridgehead atoms. The predicted molar refractivity (Wildman–Crippen MR) is 75.1 cm³/mol. The summed E-state index contributed by atoms with van der Waals surface area (Å²) in [6, 6.07) is 0. The Bertz CT molecular complexity index is 240. The molecule has 0 rings (SSSR count). The van der Waals surface area contributed by atoms with E-state index in [0.29, 0.717) is 31.3 Å². The maximum atomic E-state index is 11.7. The van der Waals surface area contributed by atoms with Crippen LogP contribution in [0.4, 0.5) is 0 Å². The molecule has 0 aliphatic carbocycles. The highest BCUT2D eigenvalue weighted by molar-refractivity contribution is 5.75. The van der Waals surface area contributed by atoms with Gasteiger partial charge in [-0.3, -0.25) is 4.79 Å². The zero-order valence-electron chi connectivity index (χ0n) is 12.3. The predicted octanol–water partition coefficient (Wildman–Crippen LogP) is 1.52. The standard InChI is InChI=1S/C14H30N2O2/c1-11(2)12(7-8-15)5-6-13(18)16-9-14(3,4)10-17/h11-12,17H,5-10,15H2,1-4H3,(H,16,18). The number of carbonyl (C=O) groups is 1. The van der Waals surface area contributed by atoms with Crippen molar-refractivity contribution in [3.05, 3.63) is 0 Å². The van der Waals surface area contributed by atoms with Crippen LogP contribution in [-0.2, 0) is 4.79 Å². The van der Waals surface area contributed by atoms with Gasteiger partial charge in [-0.2, -0.15) is 0 Å². The second-order valence-corrected chi connectivity index (χ2v) is 6.22.